The molecule has 0 spiro atoms. The summed E-state index contributed by atoms with van der Waals surface area (Å²) in [6, 6.07) is 13.7. The van der Waals surface area contributed by atoms with E-state index in [1.54, 1.807) is 29.1 Å². The van der Waals surface area contributed by atoms with Crippen LogP contribution in [0.3, 0.4) is 0 Å². The van der Waals surface area contributed by atoms with Gasteiger partial charge in [0.05, 0.1) is 23.9 Å². The van der Waals surface area contributed by atoms with Crippen molar-refractivity contribution in [1.29, 1.82) is 0 Å². The van der Waals surface area contributed by atoms with Crippen molar-refractivity contribution in [3.8, 4) is 0 Å². The molecule has 3 amide bonds. The van der Waals surface area contributed by atoms with Crippen molar-refractivity contribution < 1.29 is 14.4 Å². The lowest BCUT2D eigenvalue weighted by molar-refractivity contribution is 0.0652. The van der Waals surface area contributed by atoms with Crippen molar-refractivity contribution >= 4 is 35.1 Å². The SMILES string of the molecule is CCCCN1C(=O)c2ccc(C(=O)Nc3ccnn3Cc3ccccc3Cl)cc2C1=O. The molecule has 1 N–H and O–H groups in total. The molecule has 0 saturated carbocycles. The second kappa shape index (κ2) is 8.73. The maximum Gasteiger partial charge on any atom is 0.261 e. The number of hydrogen-bond acceptors (Lipinski definition) is 4. The number of hydrogen-bond donors (Lipinski definition) is 1. The van der Waals surface area contributed by atoms with Crippen LogP contribution in [0.4, 0.5) is 5.82 Å². The molecular formula is C23H21ClN4O3. The Labute approximate surface area is 184 Å². The van der Waals surface area contributed by atoms with E-state index in [0.717, 1.165) is 18.4 Å². The number of imide groups is 1. The molecule has 0 aliphatic carbocycles. The first kappa shape index (κ1) is 20.8. The molecule has 0 fully saturated rings. The molecule has 31 heavy (non-hydrogen) atoms. The number of rotatable bonds is 7. The number of amides is 3. The molecular weight excluding hydrogens is 416 g/mol. The first-order chi connectivity index (χ1) is 15.0. The molecule has 1 aliphatic rings. The minimum absolute atomic E-state index is 0.262. The van der Waals surface area contributed by atoms with Crippen LogP contribution in [0.25, 0.3) is 0 Å². The van der Waals surface area contributed by atoms with Gasteiger partial charge in [-0.15, -0.1) is 0 Å². The predicted octanol–water partition coefficient (Wildman–Crippen LogP) is 4.23. The topological polar surface area (TPSA) is 84.3 Å². The van der Waals surface area contributed by atoms with E-state index < -0.39 is 5.91 Å². The minimum atomic E-state index is -0.393. The van der Waals surface area contributed by atoms with Crippen molar-refractivity contribution in [3.63, 3.8) is 0 Å². The summed E-state index contributed by atoms with van der Waals surface area (Å²) >= 11 is 6.23. The number of benzene rings is 2. The van der Waals surface area contributed by atoms with Crippen LogP contribution in [0.5, 0.6) is 0 Å². The number of halogens is 1. The van der Waals surface area contributed by atoms with Gasteiger partial charge >= 0.3 is 0 Å². The van der Waals surface area contributed by atoms with E-state index in [1.165, 1.54) is 17.0 Å². The third kappa shape index (κ3) is 4.09. The van der Waals surface area contributed by atoms with Crippen molar-refractivity contribution in [2.75, 3.05) is 11.9 Å². The maximum absolute atomic E-state index is 12.8. The van der Waals surface area contributed by atoms with Crippen molar-refractivity contribution in [3.05, 3.63) is 82.0 Å². The molecule has 158 valence electrons. The van der Waals surface area contributed by atoms with Gasteiger partial charge in [-0.1, -0.05) is 43.1 Å². The van der Waals surface area contributed by atoms with Crippen LogP contribution in [-0.4, -0.2) is 38.9 Å². The molecule has 0 radical (unpaired) electrons. The van der Waals surface area contributed by atoms with Gasteiger partial charge in [-0.2, -0.15) is 5.10 Å². The number of unbranched alkanes of at least 4 members (excludes halogenated alkanes) is 1. The standard InChI is InChI=1S/C23H21ClN4O3/c1-2-3-12-27-22(30)17-9-8-15(13-18(17)23(27)31)21(29)26-20-10-11-25-28(20)14-16-6-4-5-7-19(16)24/h4-11,13H,2-3,12,14H2,1H3,(H,26,29). The number of nitrogens with one attached hydrogen (secondary N) is 1. The number of aromatic nitrogens is 2. The second-order valence-electron chi connectivity index (χ2n) is 7.30. The Morgan fingerprint density at radius 3 is 2.61 bits per heavy atom. The Hall–Kier alpha value is -3.45. The van der Waals surface area contributed by atoms with E-state index in [9.17, 15) is 14.4 Å². The zero-order valence-electron chi connectivity index (χ0n) is 17.0. The quantitative estimate of drug-likeness (QED) is 0.561. The Bertz CT molecular complexity index is 1170. The molecule has 2 heterocycles. The van der Waals surface area contributed by atoms with Crippen molar-refractivity contribution in [2.24, 2.45) is 0 Å². The highest BCUT2D eigenvalue weighted by molar-refractivity contribution is 6.31. The molecule has 1 aliphatic heterocycles. The molecule has 2 aromatic carbocycles. The lowest BCUT2D eigenvalue weighted by Gasteiger charge is -2.12. The third-order valence-corrected chi connectivity index (χ3v) is 5.57. The van der Waals surface area contributed by atoms with Crippen LogP contribution in [0.2, 0.25) is 5.02 Å². The summed E-state index contributed by atoms with van der Waals surface area (Å²) in [6.07, 6.45) is 3.21. The summed E-state index contributed by atoms with van der Waals surface area (Å²) in [6.45, 7) is 2.77. The molecule has 1 aromatic heterocycles. The van der Waals surface area contributed by atoms with Gasteiger partial charge in [0, 0.05) is 23.2 Å². The Morgan fingerprint density at radius 1 is 1.06 bits per heavy atom. The fraction of sp³-hybridized carbons (Fsp3) is 0.217. The normalized spacial score (nSPS) is 12.9. The smallest absolute Gasteiger partial charge is 0.261 e. The molecule has 8 heteroatoms. The van der Waals surface area contributed by atoms with E-state index in [1.807, 2.05) is 25.1 Å². The Balaban J connectivity index is 1.52. The number of carbonyl (C=O) groups excluding carboxylic acids is 3. The van der Waals surface area contributed by atoms with E-state index in [4.69, 9.17) is 11.6 Å². The molecule has 3 aromatic rings. The molecule has 0 atom stereocenters. The fourth-order valence-corrected chi connectivity index (χ4v) is 3.69. The molecule has 0 saturated heterocycles. The number of fused-ring (bicyclic) bond motifs is 1. The van der Waals surface area contributed by atoms with Gasteiger partial charge in [-0.3, -0.25) is 19.3 Å². The number of carbonyl (C=O) groups is 3. The second-order valence-corrected chi connectivity index (χ2v) is 7.70. The summed E-state index contributed by atoms with van der Waals surface area (Å²) in [5.41, 5.74) is 1.76. The summed E-state index contributed by atoms with van der Waals surface area (Å²) in [4.78, 5) is 39.2. The van der Waals surface area contributed by atoms with Gasteiger partial charge in [0.25, 0.3) is 17.7 Å². The number of anilines is 1. The molecule has 0 unspecified atom stereocenters. The van der Waals surface area contributed by atoms with Crippen LogP contribution in [0, 0.1) is 0 Å². The van der Waals surface area contributed by atoms with Gasteiger partial charge < -0.3 is 5.32 Å². The van der Waals surface area contributed by atoms with Gasteiger partial charge in [-0.25, -0.2) is 4.68 Å². The van der Waals surface area contributed by atoms with Crippen molar-refractivity contribution in [2.45, 2.75) is 26.3 Å². The van der Waals surface area contributed by atoms with Gasteiger partial charge in [0.15, 0.2) is 0 Å². The van der Waals surface area contributed by atoms with Gasteiger partial charge in [0.1, 0.15) is 5.82 Å². The zero-order chi connectivity index (χ0) is 22.0. The highest BCUT2D eigenvalue weighted by Gasteiger charge is 2.35. The van der Waals surface area contributed by atoms with Crippen LogP contribution in [-0.2, 0) is 6.54 Å². The van der Waals surface area contributed by atoms with Gasteiger partial charge in [-0.05, 0) is 36.2 Å². The monoisotopic (exact) mass is 436 g/mol. The molecule has 0 bridgehead atoms. The van der Waals surface area contributed by atoms with Crippen LogP contribution >= 0.6 is 11.6 Å². The van der Waals surface area contributed by atoms with E-state index in [-0.39, 0.29) is 17.4 Å². The Kier molecular flexibility index (Phi) is 5.86. The third-order valence-electron chi connectivity index (χ3n) is 5.20. The van der Waals surface area contributed by atoms with Crippen LogP contribution < -0.4 is 5.32 Å². The zero-order valence-corrected chi connectivity index (χ0v) is 17.7. The Morgan fingerprint density at radius 2 is 1.84 bits per heavy atom. The minimum Gasteiger partial charge on any atom is -0.307 e. The largest absolute Gasteiger partial charge is 0.307 e. The summed E-state index contributed by atoms with van der Waals surface area (Å²) in [7, 11) is 0. The maximum atomic E-state index is 12.8. The molecule has 4 rings (SSSR count). The average molecular weight is 437 g/mol. The van der Waals surface area contributed by atoms with E-state index >= 15 is 0 Å². The lowest BCUT2D eigenvalue weighted by Crippen LogP contribution is -2.30. The van der Waals surface area contributed by atoms with Gasteiger partial charge in [0.2, 0.25) is 0 Å². The summed E-state index contributed by atoms with van der Waals surface area (Å²) < 4.78 is 1.63. The first-order valence-electron chi connectivity index (χ1n) is 10.1. The highest BCUT2D eigenvalue weighted by Crippen LogP contribution is 2.25. The summed E-state index contributed by atoms with van der Waals surface area (Å²) in [5.74, 6) is -0.557. The van der Waals surface area contributed by atoms with Crippen LogP contribution in [0.15, 0.2) is 54.7 Å². The van der Waals surface area contributed by atoms with Crippen molar-refractivity contribution in [1.82, 2.24) is 14.7 Å². The highest BCUT2D eigenvalue weighted by atomic mass is 35.5. The average Bonchev–Trinajstić information content (AvgIpc) is 3.30. The summed E-state index contributed by atoms with van der Waals surface area (Å²) in [5, 5.41) is 7.69. The van der Waals surface area contributed by atoms with E-state index in [0.29, 0.717) is 35.1 Å². The van der Waals surface area contributed by atoms with Crippen LogP contribution in [0.1, 0.15) is 56.4 Å². The number of nitrogens with zero attached hydrogens (tertiary/aromatic N) is 3. The molecule has 7 nitrogen and oxygen atoms in total. The predicted molar refractivity (Wildman–Crippen MR) is 117 cm³/mol. The lowest BCUT2D eigenvalue weighted by atomic mass is 10.1. The first-order valence-corrected chi connectivity index (χ1v) is 10.4. The van der Waals surface area contributed by atoms with E-state index in [2.05, 4.69) is 10.4 Å². The fourth-order valence-electron chi connectivity index (χ4n) is 3.49.